The number of rotatable bonds is 4. The van der Waals surface area contributed by atoms with Crippen LogP contribution in [0.15, 0.2) is 18.2 Å². The summed E-state index contributed by atoms with van der Waals surface area (Å²) in [6.07, 6.45) is 2.00. The van der Waals surface area contributed by atoms with Crippen molar-refractivity contribution in [3.8, 4) is 5.75 Å². The van der Waals surface area contributed by atoms with Crippen LogP contribution in [0.3, 0.4) is 0 Å². The minimum atomic E-state index is -0.253. The summed E-state index contributed by atoms with van der Waals surface area (Å²) in [7, 11) is 1.56. The van der Waals surface area contributed by atoms with Gasteiger partial charge in [0.25, 0.3) is 5.91 Å². The fraction of sp³-hybridized carbons (Fsp3) is 0.500. The van der Waals surface area contributed by atoms with Gasteiger partial charge in [0.15, 0.2) is 0 Å². The van der Waals surface area contributed by atoms with E-state index in [-0.39, 0.29) is 11.5 Å². The molecule has 0 saturated carbocycles. The predicted octanol–water partition coefficient (Wildman–Crippen LogP) is 1.58. The number of nitrogens with one attached hydrogen (secondary N) is 1. The van der Waals surface area contributed by atoms with Gasteiger partial charge in [0.2, 0.25) is 0 Å². The van der Waals surface area contributed by atoms with E-state index in [0.717, 1.165) is 19.4 Å². The molecule has 19 heavy (non-hydrogen) atoms. The number of hydrogen-bond donors (Lipinski definition) is 2. The van der Waals surface area contributed by atoms with Gasteiger partial charge in [-0.3, -0.25) is 4.79 Å². The number of carbonyl (C=O) groups excluding carboxylic acids is 1. The fourth-order valence-corrected chi connectivity index (χ4v) is 2.21. The van der Waals surface area contributed by atoms with Crippen LogP contribution in [0, 0.1) is 0 Å². The van der Waals surface area contributed by atoms with E-state index in [1.807, 2.05) is 6.92 Å². The van der Waals surface area contributed by atoms with Crippen molar-refractivity contribution < 1.29 is 14.3 Å². The Morgan fingerprint density at radius 2 is 2.37 bits per heavy atom. The van der Waals surface area contributed by atoms with Crippen molar-refractivity contribution in [1.29, 1.82) is 0 Å². The third-order valence-electron chi connectivity index (χ3n) is 3.43. The number of amides is 1. The quantitative estimate of drug-likeness (QED) is 0.810. The molecule has 104 valence electrons. The molecular formula is C14H20N2O3. The maximum atomic E-state index is 12.1. The molecule has 1 aliphatic rings. The van der Waals surface area contributed by atoms with E-state index in [2.05, 4.69) is 5.32 Å². The van der Waals surface area contributed by atoms with Gasteiger partial charge in [0.05, 0.1) is 18.3 Å². The van der Waals surface area contributed by atoms with E-state index < -0.39 is 0 Å². The maximum Gasteiger partial charge on any atom is 0.253 e. The Kier molecular flexibility index (Phi) is 3.95. The maximum absolute atomic E-state index is 12.1. The summed E-state index contributed by atoms with van der Waals surface area (Å²) in [5.74, 6) is 0.456. The molecule has 1 aromatic rings. The van der Waals surface area contributed by atoms with Crippen LogP contribution in [0.4, 0.5) is 5.69 Å². The summed E-state index contributed by atoms with van der Waals surface area (Å²) in [6, 6.07) is 5.03. The van der Waals surface area contributed by atoms with Crippen molar-refractivity contribution in [1.82, 2.24) is 5.32 Å². The number of hydrogen-bond acceptors (Lipinski definition) is 4. The number of anilines is 1. The zero-order chi connectivity index (χ0) is 13.9. The highest BCUT2D eigenvalue weighted by molar-refractivity contribution is 5.99. The molecule has 5 heteroatoms. The largest absolute Gasteiger partial charge is 0.497 e. The molecular weight excluding hydrogens is 244 g/mol. The van der Waals surface area contributed by atoms with Crippen LogP contribution in [-0.4, -0.2) is 31.8 Å². The van der Waals surface area contributed by atoms with Gasteiger partial charge in [-0.2, -0.15) is 0 Å². The smallest absolute Gasteiger partial charge is 0.253 e. The van der Waals surface area contributed by atoms with Gasteiger partial charge in [-0.25, -0.2) is 0 Å². The van der Waals surface area contributed by atoms with Gasteiger partial charge < -0.3 is 20.5 Å². The molecule has 0 bridgehead atoms. The number of ether oxygens (including phenoxy) is 2. The third-order valence-corrected chi connectivity index (χ3v) is 3.43. The standard InChI is InChI=1S/C14H20N2O3/c1-14(6-3-7-19-14)9-16-13(17)11-5-4-10(18-2)8-12(11)15/h4-5,8H,3,6-7,9,15H2,1-2H3,(H,16,17). The predicted molar refractivity (Wildman–Crippen MR) is 73.3 cm³/mol. The van der Waals surface area contributed by atoms with E-state index in [0.29, 0.717) is 23.5 Å². The summed E-state index contributed by atoms with van der Waals surface area (Å²) in [4.78, 5) is 12.1. The van der Waals surface area contributed by atoms with Gasteiger partial charge >= 0.3 is 0 Å². The van der Waals surface area contributed by atoms with Gasteiger partial charge in [-0.15, -0.1) is 0 Å². The minimum Gasteiger partial charge on any atom is -0.497 e. The summed E-state index contributed by atoms with van der Waals surface area (Å²) < 4.78 is 10.7. The molecule has 1 aromatic carbocycles. The highest BCUT2D eigenvalue weighted by atomic mass is 16.5. The van der Waals surface area contributed by atoms with E-state index in [9.17, 15) is 4.79 Å². The van der Waals surface area contributed by atoms with Crippen LogP contribution in [0.25, 0.3) is 0 Å². The Morgan fingerprint density at radius 3 is 2.95 bits per heavy atom. The van der Waals surface area contributed by atoms with Crippen molar-refractivity contribution in [3.63, 3.8) is 0 Å². The summed E-state index contributed by atoms with van der Waals surface area (Å²) in [5, 5.41) is 2.87. The zero-order valence-electron chi connectivity index (χ0n) is 11.4. The van der Waals surface area contributed by atoms with Crippen LogP contribution < -0.4 is 15.8 Å². The number of benzene rings is 1. The Hall–Kier alpha value is -1.75. The summed E-state index contributed by atoms with van der Waals surface area (Å²) in [5.41, 5.74) is 6.46. The molecule has 5 nitrogen and oxygen atoms in total. The minimum absolute atomic E-state index is 0.183. The molecule has 0 aliphatic carbocycles. The van der Waals surface area contributed by atoms with Gasteiger partial charge in [0.1, 0.15) is 5.75 Å². The monoisotopic (exact) mass is 264 g/mol. The third kappa shape index (κ3) is 3.17. The topological polar surface area (TPSA) is 73.6 Å². The molecule has 0 radical (unpaired) electrons. The van der Waals surface area contributed by atoms with Crippen LogP contribution in [0.1, 0.15) is 30.1 Å². The van der Waals surface area contributed by atoms with Gasteiger partial charge in [-0.05, 0) is 31.9 Å². The van der Waals surface area contributed by atoms with Gasteiger partial charge in [-0.1, -0.05) is 0 Å². The van der Waals surface area contributed by atoms with Crippen molar-refractivity contribution in [2.75, 3.05) is 26.0 Å². The lowest BCUT2D eigenvalue weighted by Gasteiger charge is -2.23. The zero-order valence-corrected chi connectivity index (χ0v) is 11.4. The first-order valence-corrected chi connectivity index (χ1v) is 6.40. The average molecular weight is 264 g/mol. The Bertz CT molecular complexity index is 468. The normalized spacial score (nSPS) is 22.2. The lowest BCUT2D eigenvalue weighted by atomic mass is 10.0. The first-order chi connectivity index (χ1) is 9.04. The lowest BCUT2D eigenvalue weighted by molar-refractivity contribution is 0.0206. The molecule has 1 aliphatic heterocycles. The SMILES string of the molecule is COc1ccc(C(=O)NCC2(C)CCCO2)c(N)c1. The Morgan fingerprint density at radius 1 is 1.58 bits per heavy atom. The van der Waals surface area contributed by atoms with Crippen LogP contribution in [-0.2, 0) is 4.74 Å². The van der Waals surface area contributed by atoms with Crippen LogP contribution >= 0.6 is 0 Å². The van der Waals surface area contributed by atoms with Crippen LogP contribution in [0.5, 0.6) is 5.75 Å². The Labute approximate surface area is 113 Å². The Balaban J connectivity index is 2.00. The summed E-state index contributed by atoms with van der Waals surface area (Å²) in [6.45, 7) is 3.27. The van der Waals surface area contributed by atoms with E-state index in [1.165, 1.54) is 0 Å². The highest BCUT2D eigenvalue weighted by Gasteiger charge is 2.30. The molecule has 1 unspecified atom stereocenters. The van der Waals surface area contributed by atoms with Crippen LogP contribution in [0.2, 0.25) is 0 Å². The molecule has 1 amide bonds. The number of methoxy groups -OCH3 is 1. The molecule has 1 atom stereocenters. The number of nitrogens with two attached hydrogens (primary N) is 1. The van der Waals surface area contributed by atoms with E-state index >= 15 is 0 Å². The number of carbonyl (C=O) groups is 1. The fourth-order valence-electron chi connectivity index (χ4n) is 2.21. The van der Waals surface area contributed by atoms with Crippen molar-refractivity contribution in [2.24, 2.45) is 0 Å². The molecule has 2 rings (SSSR count). The molecule has 1 saturated heterocycles. The lowest BCUT2D eigenvalue weighted by Crippen LogP contribution is -2.40. The second-order valence-electron chi connectivity index (χ2n) is 5.04. The highest BCUT2D eigenvalue weighted by Crippen LogP contribution is 2.24. The molecule has 0 aromatic heterocycles. The molecule has 0 spiro atoms. The first-order valence-electron chi connectivity index (χ1n) is 6.40. The van der Waals surface area contributed by atoms with Crippen molar-refractivity contribution >= 4 is 11.6 Å². The number of nitrogen functional groups attached to an aromatic ring is 1. The second-order valence-corrected chi connectivity index (χ2v) is 5.04. The van der Waals surface area contributed by atoms with Crippen molar-refractivity contribution in [2.45, 2.75) is 25.4 Å². The van der Waals surface area contributed by atoms with Gasteiger partial charge in [0, 0.05) is 24.9 Å². The molecule has 1 fully saturated rings. The second kappa shape index (κ2) is 5.48. The van der Waals surface area contributed by atoms with E-state index in [1.54, 1.807) is 25.3 Å². The first kappa shape index (κ1) is 13.7. The summed E-state index contributed by atoms with van der Waals surface area (Å²) >= 11 is 0. The average Bonchev–Trinajstić information content (AvgIpc) is 2.83. The molecule has 3 N–H and O–H groups in total. The van der Waals surface area contributed by atoms with E-state index in [4.69, 9.17) is 15.2 Å². The van der Waals surface area contributed by atoms with Crippen molar-refractivity contribution in [3.05, 3.63) is 23.8 Å². The molecule has 1 heterocycles.